The number of hydrogen-bond donors (Lipinski definition) is 3. The Hall–Kier alpha value is -3.43. The molecule has 0 saturated carbocycles. The van der Waals surface area contributed by atoms with Gasteiger partial charge in [-0.2, -0.15) is 0 Å². The minimum absolute atomic E-state index is 0.0437. The van der Waals surface area contributed by atoms with Gasteiger partial charge in [0.1, 0.15) is 12.2 Å². The van der Waals surface area contributed by atoms with Gasteiger partial charge in [0, 0.05) is 16.9 Å². The van der Waals surface area contributed by atoms with Gasteiger partial charge in [-0.1, -0.05) is 18.2 Å². The van der Waals surface area contributed by atoms with Crippen molar-refractivity contribution in [2.24, 2.45) is 0 Å². The van der Waals surface area contributed by atoms with E-state index in [-0.39, 0.29) is 25.0 Å². The van der Waals surface area contributed by atoms with Crippen molar-refractivity contribution in [3.8, 4) is 0 Å². The lowest BCUT2D eigenvalue weighted by Crippen LogP contribution is -2.46. The van der Waals surface area contributed by atoms with Gasteiger partial charge in [-0.05, 0) is 43.3 Å². The second kappa shape index (κ2) is 9.15. The first-order valence-corrected chi connectivity index (χ1v) is 9.94. The highest BCUT2D eigenvalue weighted by molar-refractivity contribution is 5.95. The molecule has 0 spiro atoms. The van der Waals surface area contributed by atoms with Crippen molar-refractivity contribution >= 4 is 29.3 Å². The minimum Gasteiger partial charge on any atom is -0.441 e. The first kappa shape index (κ1) is 20.8. The van der Waals surface area contributed by atoms with Crippen LogP contribution in [0.25, 0.3) is 0 Å². The predicted molar refractivity (Wildman–Crippen MR) is 112 cm³/mol. The third-order valence-electron chi connectivity index (χ3n) is 5.15. The summed E-state index contributed by atoms with van der Waals surface area (Å²) in [4.78, 5) is 35.8. The number of benzene rings is 2. The maximum Gasteiger partial charge on any atom is 0.412 e. The zero-order valence-electron chi connectivity index (χ0n) is 16.9. The molecule has 0 aliphatic carbocycles. The molecule has 2 heterocycles. The molecule has 9 heteroatoms. The van der Waals surface area contributed by atoms with Gasteiger partial charge in [0.25, 0.3) is 0 Å². The molecule has 2 aromatic carbocycles. The fourth-order valence-electron chi connectivity index (χ4n) is 3.62. The monoisotopic (exact) mass is 425 g/mol. The number of amides is 3. The van der Waals surface area contributed by atoms with Crippen LogP contribution in [-0.4, -0.2) is 55.5 Å². The van der Waals surface area contributed by atoms with Crippen LogP contribution in [0.1, 0.15) is 17.3 Å². The molecule has 2 aliphatic rings. The summed E-state index contributed by atoms with van der Waals surface area (Å²) < 4.78 is 16.9. The highest BCUT2D eigenvalue weighted by Crippen LogP contribution is 2.29. The summed E-state index contributed by atoms with van der Waals surface area (Å²) >= 11 is 0. The summed E-state index contributed by atoms with van der Waals surface area (Å²) in [6.07, 6.45) is -2.03. The van der Waals surface area contributed by atoms with Gasteiger partial charge >= 0.3 is 12.1 Å². The number of nitrogens with one attached hydrogen (secondary N) is 3. The lowest BCUT2D eigenvalue weighted by Gasteiger charge is -2.18. The molecule has 2 saturated heterocycles. The molecule has 31 heavy (non-hydrogen) atoms. The standard InChI is InChI=1S/C22H23N3O6/c1-13(26)14-7-9-16(10-8-14)23-21(27)25-17-11-29-20-18(12-30-19(17)20)31-22(28)24-15-5-3-2-4-6-15/h2-10,17-20H,11-12H2,1H3,(H,24,28)(H2,23,25,27). The van der Waals surface area contributed by atoms with E-state index in [9.17, 15) is 14.4 Å². The lowest BCUT2D eigenvalue weighted by atomic mass is 10.1. The molecule has 4 rings (SSSR count). The SMILES string of the molecule is CC(=O)c1ccc(NC(=O)NC2COC3C(OC(=O)Nc4ccccc4)COC23)cc1. The number of carbonyl (C=O) groups is 3. The molecule has 3 amide bonds. The zero-order chi connectivity index (χ0) is 21.8. The zero-order valence-corrected chi connectivity index (χ0v) is 16.9. The Bertz CT molecular complexity index is 949. The fourth-order valence-corrected chi connectivity index (χ4v) is 3.62. The normalized spacial score (nSPS) is 24.2. The first-order chi connectivity index (χ1) is 15.0. The molecule has 9 nitrogen and oxygen atoms in total. The first-order valence-electron chi connectivity index (χ1n) is 9.94. The van der Waals surface area contributed by atoms with Crippen LogP contribution in [0.2, 0.25) is 0 Å². The summed E-state index contributed by atoms with van der Waals surface area (Å²) in [5, 5.41) is 8.20. The average Bonchev–Trinajstić information content (AvgIpc) is 3.32. The van der Waals surface area contributed by atoms with E-state index in [1.807, 2.05) is 18.2 Å². The Morgan fingerprint density at radius 3 is 2.26 bits per heavy atom. The van der Waals surface area contributed by atoms with Crippen molar-refractivity contribution in [1.82, 2.24) is 5.32 Å². The van der Waals surface area contributed by atoms with Crippen LogP contribution in [0.3, 0.4) is 0 Å². The van der Waals surface area contributed by atoms with Crippen molar-refractivity contribution in [2.45, 2.75) is 31.3 Å². The molecular weight excluding hydrogens is 402 g/mol. The lowest BCUT2D eigenvalue weighted by molar-refractivity contribution is 0.00873. The molecule has 2 fully saturated rings. The van der Waals surface area contributed by atoms with Gasteiger partial charge < -0.3 is 24.8 Å². The van der Waals surface area contributed by atoms with E-state index in [4.69, 9.17) is 14.2 Å². The third-order valence-corrected chi connectivity index (χ3v) is 5.15. The third kappa shape index (κ3) is 5.01. The van der Waals surface area contributed by atoms with Gasteiger partial charge in [-0.15, -0.1) is 0 Å². The van der Waals surface area contributed by atoms with Crippen LogP contribution in [0, 0.1) is 0 Å². The van der Waals surface area contributed by atoms with Gasteiger partial charge in [-0.25, -0.2) is 9.59 Å². The van der Waals surface area contributed by atoms with E-state index in [0.29, 0.717) is 16.9 Å². The number of anilines is 2. The molecule has 2 aromatic rings. The smallest absolute Gasteiger partial charge is 0.412 e. The summed E-state index contributed by atoms with van der Waals surface area (Å²) in [5.41, 5.74) is 1.76. The highest BCUT2D eigenvalue weighted by atomic mass is 16.6. The number of ether oxygens (including phenoxy) is 3. The molecule has 4 unspecified atom stereocenters. The van der Waals surface area contributed by atoms with Crippen LogP contribution in [-0.2, 0) is 14.2 Å². The Balaban J connectivity index is 1.27. The molecular formula is C22H23N3O6. The molecule has 0 bridgehead atoms. The average molecular weight is 425 g/mol. The fraction of sp³-hybridized carbons (Fsp3) is 0.318. The maximum absolute atomic E-state index is 12.3. The summed E-state index contributed by atoms with van der Waals surface area (Å²) in [7, 11) is 0. The number of carbonyl (C=O) groups excluding carboxylic acids is 3. The van der Waals surface area contributed by atoms with Crippen LogP contribution in [0.15, 0.2) is 54.6 Å². The quantitative estimate of drug-likeness (QED) is 0.635. The molecule has 162 valence electrons. The van der Waals surface area contributed by atoms with E-state index >= 15 is 0 Å². The highest BCUT2D eigenvalue weighted by Gasteiger charge is 2.50. The maximum atomic E-state index is 12.3. The molecule has 0 radical (unpaired) electrons. The Labute approximate surface area is 179 Å². The number of ketones is 1. The van der Waals surface area contributed by atoms with E-state index in [0.717, 1.165) is 0 Å². The number of rotatable bonds is 5. The van der Waals surface area contributed by atoms with Crippen molar-refractivity contribution in [2.75, 3.05) is 23.8 Å². The second-order valence-corrected chi connectivity index (χ2v) is 7.37. The molecule has 3 N–H and O–H groups in total. The van der Waals surface area contributed by atoms with Crippen molar-refractivity contribution in [3.63, 3.8) is 0 Å². The molecule has 2 aliphatic heterocycles. The van der Waals surface area contributed by atoms with Crippen LogP contribution < -0.4 is 16.0 Å². The largest absolute Gasteiger partial charge is 0.441 e. The Morgan fingerprint density at radius 1 is 0.871 bits per heavy atom. The molecule has 0 aromatic heterocycles. The van der Waals surface area contributed by atoms with Crippen LogP contribution >= 0.6 is 0 Å². The minimum atomic E-state index is -0.591. The van der Waals surface area contributed by atoms with Crippen molar-refractivity contribution in [3.05, 3.63) is 60.2 Å². The predicted octanol–water partition coefficient (Wildman–Crippen LogP) is 2.79. The van der Waals surface area contributed by atoms with Gasteiger partial charge in [0.15, 0.2) is 11.9 Å². The Morgan fingerprint density at radius 2 is 1.55 bits per heavy atom. The molecule has 4 atom stereocenters. The summed E-state index contributed by atoms with van der Waals surface area (Å²) in [6.45, 7) is 1.91. The topological polar surface area (TPSA) is 115 Å². The summed E-state index contributed by atoms with van der Waals surface area (Å²) in [5.74, 6) is -0.0437. The number of Topliss-reactive ketones (excluding diaryl/α,β-unsaturated/α-hetero) is 1. The van der Waals surface area contributed by atoms with Gasteiger partial charge in [-0.3, -0.25) is 10.1 Å². The number of urea groups is 1. The van der Waals surface area contributed by atoms with E-state index < -0.39 is 30.4 Å². The number of para-hydroxylation sites is 1. The van der Waals surface area contributed by atoms with Crippen molar-refractivity contribution < 1.29 is 28.6 Å². The van der Waals surface area contributed by atoms with E-state index in [2.05, 4.69) is 16.0 Å². The van der Waals surface area contributed by atoms with Gasteiger partial charge in [0.2, 0.25) is 0 Å². The van der Waals surface area contributed by atoms with E-state index in [1.54, 1.807) is 36.4 Å². The number of hydrogen-bond acceptors (Lipinski definition) is 6. The van der Waals surface area contributed by atoms with Crippen molar-refractivity contribution in [1.29, 1.82) is 0 Å². The summed E-state index contributed by atoms with van der Waals surface area (Å²) in [6, 6.07) is 14.8. The van der Waals surface area contributed by atoms with Crippen LogP contribution in [0.5, 0.6) is 0 Å². The van der Waals surface area contributed by atoms with Gasteiger partial charge in [0.05, 0.1) is 19.3 Å². The Kier molecular flexibility index (Phi) is 6.15. The van der Waals surface area contributed by atoms with Crippen LogP contribution in [0.4, 0.5) is 21.0 Å². The van der Waals surface area contributed by atoms with E-state index in [1.165, 1.54) is 6.92 Å². The number of fused-ring (bicyclic) bond motifs is 1. The second-order valence-electron chi connectivity index (χ2n) is 7.37.